The van der Waals surface area contributed by atoms with Crippen LogP contribution in [0.15, 0.2) is 21.8 Å². The first kappa shape index (κ1) is 21.1. The minimum atomic E-state index is -1.28. The van der Waals surface area contributed by atoms with Crippen LogP contribution >= 0.6 is 35.7 Å². The summed E-state index contributed by atoms with van der Waals surface area (Å²) in [6, 6.07) is -0.899. The van der Waals surface area contributed by atoms with Crippen LogP contribution in [0.4, 0.5) is 5.13 Å². The molecule has 0 spiro atoms. The van der Waals surface area contributed by atoms with Gasteiger partial charge in [0.1, 0.15) is 17.1 Å². The molecule has 2 aliphatic heterocycles. The van der Waals surface area contributed by atoms with Gasteiger partial charge in [0.05, 0.1) is 5.70 Å². The maximum Gasteiger partial charge on any atom is 0.344 e. The lowest BCUT2D eigenvalue weighted by Gasteiger charge is -2.49. The summed E-state index contributed by atoms with van der Waals surface area (Å²) in [5.74, 6) is -2.02. The normalized spacial score (nSPS) is 21.4. The lowest BCUT2D eigenvalue weighted by molar-refractivity contribution is -0.146. The van der Waals surface area contributed by atoms with E-state index in [1.165, 1.54) is 22.0 Å². The Bertz CT molecular complexity index is 958. The fraction of sp³-hybridized carbons (Fsp3) is 0.333. The van der Waals surface area contributed by atoms with Crippen molar-refractivity contribution in [2.45, 2.75) is 18.3 Å². The number of thiol groups is 1. The first-order valence-electron chi connectivity index (χ1n) is 8.02. The van der Waals surface area contributed by atoms with Gasteiger partial charge in [-0.15, -0.1) is 23.1 Å². The highest BCUT2D eigenvalue weighted by Crippen LogP contribution is 2.40. The van der Waals surface area contributed by atoms with Gasteiger partial charge in [-0.05, 0) is 12.5 Å². The summed E-state index contributed by atoms with van der Waals surface area (Å²) >= 11 is 6.27. The first-order chi connectivity index (χ1) is 13.7. The van der Waals surface area contributed by atoms with E-state index >= 15 is 0 Å². The molecule has 2 amide bonds. The van der Waals surface area contributed by atoms with Crippen molar-refractivity contribution in [3.8, 4) is 0 Å². The number of aliphatic carboxylic acids is 1. The van der Waals surface area contributed by atoms with Gasteiger partial charge in [-0.1, -0.05) is 17.8 Å². The standard InChI is InChI=1S/C15H15N5O6S3/c1-5-3-28-13-9(12(24)20(13)10(5)14(25)27)18-11(23)8(19-26-2-7(21)22)6-4-29-15(16)17-6/h4,9,13H,2-3H2,1H3,(H2,16,17)(H,18,23)(H,21,22)(H,25,27)/t9?,13-/m1/s1. The van der Waals surface area contributed by atoms with Crippen molar-refractivity contribution in [1.82, 2.24) is 15.2 Å². The van der Waals surface area contributed by atoms with E-state index in [-0.39, 0.29) is 22.2 Å². The number of carbonyl (C=O) groups is 4. The molecule has 29 heavy (non-hydrogen) atoms. The second kappa shape index (κ2) is 8.42. The molecular formula is C15H15N5O6S3. The molecule has 1 aromatic rings. The minimum Gasteiger partial charge on any atom is -0.479 e. The van der Waals surface area contributed by atoms with Gasteiger partial charge in [0.25, 0.3) is 11.8 Å². The summed E-state index contributed by atoms with van der Waals surface area (Å²) in [4.78, 5) is 57.5. The van der Waals surface area contributed by atoms with Crippen LogP contribution in [0.5, 0.6) is 0 Å². The molecule has 0 radical (unpaired) electrons. The van der Waals surface area contributed by atoms with Gasteiger partial charge in [-0.2, -0.15) is 0 Å². The molecule has 2 aliphatic rings. The Hall–Kier alpha value is -2.58. The summed E-state index contributed by atoms with van der Waals surface area (Å²) in [5, 5.41) is 15.4. The van der Waals surface area contributed by atoms with Gasteiger partial charge in [-0.3, -0.25) is 19.3 Å². The lowest BCUT2D eigenvalue weighted by atomic mass is 10.0. The number of anilines is 1. The van der Waals surface area contributed by atoms with E-state index in [1.807, 2.05) is 0 Å². The summed E-state index contributed by atoms with van der Waals surface area (Å²) in [6.07, 6.45) is 0. The number of oxime groups is 1. The number of amides is 2. The highest BCUT2D eigenvalue weighted by molar-refractivity contribution is 8.00. The third-order valence-electron chi connectivity index (χ3n) is 3.97. The fourth-order valence-corrected chi connectivity index (χ4v) is 4.88. The number of aromatic nitrogens is 1. The molecule has 0 aliphatic carbocycles. The zero-order chi connectivity index (χ0) is 21.3. The molecule has 0 bridgehead atoms. The monoisotopic (exact) mass is 457 g/mol. The summed E-state index contributed by atoms with van der Waals surface area (Å²) in [7, 11) is 0. The van der Waals surface area contributed by atoms with Crippen LogP contribution < -0.4 is 11.1 Å². The van der Waals surface area contributed by atoms with E-state index in [4.69, 9.17) is 10.8 Å². The van der Waals surface area contributed by atoms with Crippen molar-refractivity contribution in [2.75, 3.05) is 18.1 Å². The Balaban J connectivity index is 1.78. The quantitative estimate of drug-likeness (QED) is 0.185. The minimum absolute atomic E-state index is 0.0808. The molecule has 1 aromatic heterocycles. The molecule has 3 heterocycles. The molecule has 4 N–H and O–H groups in total. The van der Waals surface area contributed by atoms with Crippen molar-refractivity contribution in [2.24, 2.45) is 5.16 Å². The number of rotatable bonds is 7. The Morgan fingerprint density at radius 2 is 2.24 bits per heavy atom. The number of nitrogens with one attached hydrogen (secondary N) is 1. The Labute approximate surface area is 177 Å². The summed E-state index contributed by atoms with van der Waals surface area (Å²) in [6.45, 7) is 0.978. The number of nitrogen functional groups attached to an aromatic ring is 1. The molecule has 1 unspecified atom stereocenters. The third kappa shape index (κ3) is 4.23. The number of carbonyl (C=O) groups excluding carboxylic acids is 3. The SMILES string of the molecule is CC1=C(C(=O)S)N2C(=O)C(NC(=O)C(=NOCC(=O)O)c3csc(N)n3)[C@H]2SC1. The number of carboxylic acids is 1. The van der Waals surface area contributed by atoms with Crippen molar-refractivity contribution in [1.29, 1.82) is 0 Å². The van der Waals surface area contributed by atoms with Crippen LogP contribution in [0.3, 0.4) is 0 Å². The Morgan fingerprint density at radius 3 is 2.83 bits per heavy atom. The van der Waals surface area contributed by atoms with Crippen LogP contribution in [-0.4, -0.2) is 67.4 Å². The maximum absolute atomic E-state index is 12.7. The topological polar surface area (TPSA) is 164 Å². The van der Waals surface area contributed by atoms with Crippen LogP contribution in [0, 0.1) is 0 Å². The number of nitrogens with zero attached hydrogens (tertiary/aromatic N) is 3. The molecule has 11 nitrogen and oxygen atoms in total. The van der Waals surface area contributed by atoms with E-state index < -0.39 is 40.9 Å². The van der Waals surface area contributed by atoms with E-state index in [1.54, 1.807) is 6.92 Å². The van der Waals surface area contributed by atoms with Crippen molar-refractivity contribution >= 4 is 69.5 Å². The number of thioether (sulfide) groups is 1. The van der Waals surface area contributed by atoms with Gasteiger partial charge in [-0.25, -0.2) is 9.78 Å². The summed E-state index contributed by atoms with van der Waals surface area (Å²) < 4.78 is 0. The highest BCUT2D eigenvalue weighted by Gasteiger charge is 2.53. The van der Waals surface area contributed by atoms with E-state index in [0.717, 1.165) is 16.9 Å². The number of thiazole rings is 1. The number of β-lactam (4-membered cyclic amide) rings is 1. The number of carboxylic acid groups (broad SMARTS) is 1. The zero-order valence-corrected chi connectivity index (χ0v) is 17.3. The molecule has 1 fully saturated rings. The highest BCUT2D eigenvalue weighted by atomic mass is 32.2. The zero-order valence-electron chi connectivity index (χ0n) is 14.8. The number of hydrogen-bond donors (Lipinski definition) is 4. The molecule has 0 saturated carbocycles. The van der Waals surface area contributed by atoms with E-state index in [0.29, 0.717) is 5.75 Å². The predicted molar refractivity (Wildman–Crippen MR) is 108 cm³/mol. The third-order valence-corrected chi connectivity index (χ3v) is 6.28. The summed E-state index contributed by atoms with van der Waals surface area (Å²) in [5.41, 5.74) is 6.29. The van der Waals surface area contributed by atoms with Crippen LogP contribution in [0.2, 0.25) is 0 Å². The van der Waals surface area contributed by atoms with E-state index in [2.05, 4.69) is 32.9 Å². The molecule has 2 atom stereocenters. The number of nitrogens with two attached hydrogens (primary N) is 1. The first-order valence-corrected chi connectivity index (χ1v) is 10.4. The average molecular weight is 458 g/mol. The van der Waals surface area contributed by atoms with Crippen LogP contribution in [-0.2, 0) is 24.0 Å². The number of hydrogen-bond acceptors (Lipinski definition) is 10. The molecular weight excluding hydrogens is 442 g/mol. The largest absolute Gasteiger partial charge is 0.479 e. The van der Waals surface area contributed by atoms with Crippen molar-refractivity contribution in [3.05, 3.63) is 22.3 Å². The van der Waals surface area contributed by atoms with Crippen molar-refractivity contribution < 1.29 is 29.1 Å². The lowest BCUT2D eigenvalue weighted by Crippen LogP contribution is -2.70. The molecule has 3 rings (SSSR count). The molecule has 1 saturated heterocycles. The second-order valence-corrected chi connectivity index (χ2v) is 8.37. The van der Waals surface area contributed by atoms with Gasteiger partial charge in [0, 0.05) is 11.1 Å². The molecule has 14 heteroatoms. The fourth-order valence-electron chi connectivity index (χ4n) is 2.74. The van der Waals surface area contributed by atoms with Gasteiger partial charge in [0.15, 0.2) is 10.8 Å². The van der Waals surface area contributed by atoms with Gasteiger partial charge >= 0.3 is 5.97 Å². The Kier molecular flexibility index (Phi) is 6.14. The van der Waals surface area contributed by atoms with Gasteiger partial charge < -0.3 is 21.0 Å². The van der Waals surface area contributed by atoms with Crippen LogP contribution in [0.1, 0.15) is 12.6 Å². The number of fused-ring (bicyclic) bond motifs is 1. The average Bonchev–Trinajstić information content (AvgIpc) is 3.08. The van der Waals surface area contributed by atoms with Crippen molar-refractivity contribution in [3.63, 3.8) is 0 Å². The molecule has 0 aromatic carbocycles. The smallest absolute Gasteiger partial charge is 0.344 e. The molecule has 154 valence electrons. The predicted octanol–water partition coefficient (Wildman–Crippen LogP) is -0.339. The van der Waals surface area contributed by atoms with E-state index in [9.17, 15) is 19.2 Å². The second-order valence-electron chi connectivity index (χ2n) is 5.97. The van der Waals surface area contributed by atoms with Gasteiger partial charge in [0.2, 0.25) is 11.7 Å². The Morgan fingerprint density at radius 1 is 1.52 bits per heavy atom. The maximum atomic E-state index is 12.7. The van der Waals surface area contributed by atoms with Crippen LogP contribution in [0.25, 0.3) is 0 Å².